The molecule has 0 saturated heterocycles. The van der Waals surface area contributed by atoms with Gasteiger partial charge in [0.15, 0.2) is 11.5 Å². The Hall–Kier alpha value is -4.28. The van der Waals surface area contributed by atoms with E-state index in [0.717, 1.165) is 5.56 Å². The van der Waals surface area contributed by atoms with Crippen LogP contribution < -0.4 is 0 Å². The highest BCUT2D eigenvalue weighted by molar-refractivity contribution is 5.96. The summed E-state index contributed by atoms with van der Waals surface area (Å²) in [5, 5.41) is 28.8. The predicted molar refractivity (Wildman–Crippen MR) is 111 cm³/mol. The molecule has 4 heterocycles. The third-order valence-corrected chi connectivity index (χ3v) is 5.19. The van der Waals surface area contributed by atoms with E-state index in [9.17, 15) is 4.39 Å². The number of pyridine rings is 1. The molecule has 1 N–H and O–H groups in total. The molecule has 9 nitrogen and oxygen atoms in total. The summed E-state index contributed by atoms with van der Waals surface area (Å²) in [6.45, 7) is 1.58. The van der Waals surface area contributed by atoms with Crippen LogP contribution in [0.15, 0.2) is 48.0 Å². The summed E-state index contributed by atoms with van der Waals surface area (Å²) in [4.78, 5) is 4.22. The molecule has 0 aliphatic carbocycles. The highest BCUT2D eigenvalue weighted by atomic mass is 19.1. The van der Waals surface area contributed by atoms with E-state index >= 15 is 4.39 Å². The van der Waals surface area contributed by atoms with Gasteiger partial charge >= 0.3 is 0 Å². The molecule has 0 fully saturated rings. The average molecular weight is 434 g/mol. The molecule has 1 aromatic carbocycles. The van der Waals surface area contributed by atoms with Crippen molar-refractivity contribution >= 4 is 22.3 Å². The first-order valence-electron chi connectivity index (χ1n) is 9.60. The lowest BCUT2D eigenvalue weighted by atomic mass is 10.0. The summed E-state index contributed by atoms with van der Waals surface area (Å²) in [5.41, 5.74) is 2.54. The van der Waals surface area contributed by atoms with Gasteiger partial charge in [-0.15, -0.1) is 10.2 Å². The van der Waals surface area contributed by atoms with E-state index in [2.05, 4.69) is 30.5 Å². The maximum Gasteiger partial charge on any atom is 0.177 e. The van der Waals surface area contributed by atoms with Gasteiger partial charge in [-0.25, -0.2) is 8.78 Å². The Bertz CT molecular complexity index is 1520. The van der Waals surface area contributed by atoms with Crippen LogP contribution in [0.4, 0.5) is 8.78 Å². The van der Waals surface area contributed by atoms with Crippen molar-refractivity contribution in [2.45, 2.75) is 13.3 Å². The Labute approximate surface area is 179 Å². The van der Waals surface area contributed by atoms with Crippen molar-refractivity contribution in [2.75, 3.05) is 0 Å². The second-order valence-electron chi connectivity index (χ2n) is 7.31. The van der Waals surface area contributed by atoms with Crippen molar-refractivity contribution in [3.63, 3.8) is 0 Å². The zero-order valence-corrected chi connectivity index (χ0v) is 17.0. The SMILES string of the molecule is CC(=NO)c1ccc2nnc(Cc3c(F)cc4ncc(-c5cnn(C)c5)cc4c3F)n2n1. The third-order valence-electron chi connectivity index (χ3n) is 5.19. The van der Waals surface area contributed by atoms with E-state index in [0.29, 0.717) is 16.9 Å². The van der Waals surface area contributed by atoms with E-state index < -0.39 is 11.6 Å². The summed E-state index contributed by atoms with van der Waals surface area (Å²) in [5.74, 6) is -1.22. The first-order chi connectivity index (χ1) is 15.4. The minimum Gasteiger partial charge on any atom is -0.411 e. The quantitative estimate of drug-likeness (QED) is 0.265. The Kier molecular flexibility index (Phi) is 4.58. The van der Waals surface area contributed by atoms with Gasteiger partial charge in [0.2, 0.25) is 0 Å². The lowest BCUT2D eigenvalue weighted by Gasteiger charge is -2.09. The molecular formula is C21H16F2N8O. The zero-order valence-electron chi connectivity index (χ0n) is 17.0. The molecular weight excluding hydrogens is 418 g/mol. The molecule has 0 aliphatic heterocycles. The first-order valence-corrected chi connectivity index (χ1v) is 9.60. The van der Waals surface area contributed by atoms with E-state index in [-0.39, 0.29) is 34.4 Å². The number of aryl methyl sites for hydroxylation is 1. The molecule has 32 heavy (non-hydrogen) atoms. The number of hydrogen-bond donors (Lipinski definition) is 1. The van der Waals surface area contributed by atoms with Crippen LogP contribution in [-0.4, -0.2) is 45.5 Å². The van der Waals surface area contributed by atoms with Gasteiger partial charge in [-0.1, -0.05) is 5.16 Å². The van der Waals surface area contributed by atoms with Crippen molar-refractivity contribution in [1.82, 2.24) is 34.6 Å². The van der Waals surface area contributed by atoms with E-state index in [1.54, 1.807) is 55.4 Å². The number of nitrogens with zero attached hydrogens (tertiary/aromatic N) is 8. The minimum atomic E-state index is -0.738. The van der Waals surface area contributed by atoms with Gasteiger partial charge in [0.25, 0.3) is 0 Å². The smallest absolute Gasteiger partial charge is 0.177 e. The molecule has 4 aromatic heterocycles. The predicted octanol–water partition coefficient (Wildman–Crippen LogP) is 3.14. The number of aromatic nitrogens is 7. The molecule has 160 valence electrons. The van der Waals surface area contributed by atoms with Crippen LogP contribution in [0.2, 0.25) is 0 Å². The Morgan fingerprint density at radius 3 is 2.72 bits per heavy atom. The molecule has 0 atom stereocenters. The average Bonchev–Trinajstić information content (AvgIpc) is 3.41. The maximum atomic E-state index is 15.5. The van der Waals surface area contributed by atoms with Gasteiger partial charge in [0, 0.05) is 54.0 Å². The molecule has 0 radical (unpaired) electrons. The number of rotatable bonds is 4. The normalized spacial score (nSPS) is 12.2. The summed E-state index contributed by atoms with van der Waals surface area (Å²) in [6, 6.07) is 6.07. The summed E-state index contributed by atoms with van der Waals surface area (Å²) >= 11 is 0. The van der Waals surface area contributed by atoms with Crippen LogP contribution in [0.1, 0.15) is 24.0 Å². The molecule has 0 aliphatic rings. The summed E-state index contributed by atoms with van der Waals surface area (Å²) < 4.78 is 33.3. The monoisotopic (exact) mass is 434 g/mol. The number of hydrogen-bond acceptors (Lipinski definition) is 7. The van der Waals surface area contributed by atoms with Crippen LogP contribution >= 0.6 is 0 Å². The highest BCUT2D eigenvalue weighted by Gasteiger charge is 2.19. The molecule has 0 bridgehead atoms. The first kappa shape index (κ1) is 19.7. The molecule has 0 amide bonds. The van der Waals surface area contributed by atoms with E-state index in [1.165, 1.54) is 10.6 Å². The van der Waals surface area contributed by atoms with Crippen molar-refractivity contribution in [3.8, 4) is 11.1 Å². The van der Waals surface area contributed by atoms with Gasteiger partial charge in [-0.3, -0.25) is 9.67 Å². The number of halogens is 2. The van der Waals surface area contributed by atoms with Gasteiger partial charge < -0.3 is 5.21 Å². The van der Waals surface area contributed by atoms with Gasteiger partial charge in [0.1, 0.15) is 23.0 Å². The molecule has 5 aromatic rings. The molecule has 11 heteroatoms. The van der Waals surface area contributed by atoms with Crippen molar-refractivity contribution in [2.24, 2.45) is 12.2 Å². The summed E-state index contributed by atoms with van der Waals surface area (Å²) in [7, 11) is 1.78. The maximum absolute atomic E-state index is 15.5. The fourth-order valence-corrected chi connectivity index (χ4v) is 3.48. The van der Waals surface area contributed by atoms with Gasteiger partial charge in [0.05, 0.1) is 11.7 Å². The van der Waals surface area contributed by atoms with Crippen LogP contribution in [0, 0.1) is 11.6 Å². The number of benzene rings is 1. The second kappa shape index (κ2) is 7.45. The lowest BCUT2D eigenvalue weighted by molar-refractivity contribution is 0.319. The Morgan fingerprint density at radius 1 is 1.12 bits per heavy atom. The highest BCUT2D eigenvalue weighted by Crippen LogP contribution is 2.28. The van der Waals surface area contributed by atoms with Crippen LogP contribution in [0.5, 0.6) is 0 Å². The standard InChI is InChI=1S/C21H16F2N8O/c1-11(29-32)17-3-4-19-26-27-20(31(19)28-17)6-14-16(22)7-18-15(21(14)23)5-12(8-24-18)13-9-25-30(2)10-13/h3-5,7-10,32H,6H2,1-2H3. The second-order valence-corrected chi connectivity index (χ2v) is 7.31. The summed E-state index contributed by atoms with van der Waals surface area (Å²) in [6.07, 6.45) is 4.81. The molecule has 0 unspecified atom stereocenters. The number of fused-ring (bicyclic) bond motifs is 2. The topological polar surface area (TPSA) is 106 Å². The molecule has 0 saturated carbocycles. The van der Waals surface area contributed by atoms with Crippen molar-refractivity contribution in [3.05, 3.63) is 71.6 Å². The third kappa shape index (κ3) is 3.23. The molecule has 0 spiro atoms. The fourth-order valence-electron chi connectivity index (χ4n) is 3.48. The fraction of sp³-hybridized carbons (Fsp3) is 0.143. The van der Waals surface area contributed by atoms with E-state index in [1.807, 2.05) is 0 Å². The van der Waals surface area contributed by atoms with Crippen LogP contribution in [0.25, 0.3) is 27.7 Å². The number of oxime groups is 1. The lowest BCUT2D eigenvalue weighted by Crippen LogP contribution is -2.08. The van der Waals surface area contributed by atoms with Crippen LogP contribution in [0.3, 0.4) is 0 Å². The largest absolute Gasteiger partial charge is 0.411 e. The van der Waals surface area contributed by atoms with Crippen molar-refractivity contribution in [1.29, 1.82) is 0 Å². The van der Waals surface area contributed by atoms with Crippen LogP contribution in [-0.2, 0) is 13.5 Å². The minimum absolute atomic E-state index is 0.170. The Balaban J connectivity index is 1.61. The Morgan fingerprint density at radius 2 is 1.97 bits per heavy atom. The van der Waals surface area contributed by atoms with Gasteiger partial charge in [-0.05, 0) is 25.1 Å². The zero-order chi connectivity index (χ0) is 22.4. The molecule has 5 rings (SSSR count). The van der Waals surface area contributed by atoms with Crippen molar-refractivity contribution < 1.29 is 14.0 Å². The van der Waals surface area contributed by atoms with Gasteiger partial charge in [-0.2, -0.15) is 14.7 Å². The van der Waals surface area contributed by atoms with E-state index in [4.69, 9.17) is 5.21 Å².